The van der Waals surface area contributed by atoms with E-state index in [2.05, 4.69) is 42.6 Å². The van der Waals surface area contributed by atoms with Crippen LogP contribution in [0.15, 0.2) is 84.0 Å². The van der Waals surface area contributed by atoms with Crippen molar-refractivity contribution in [3.63, 3.8) is 0 Å². The molecule has 0 radical (unpaired) electrons. The van der Waals surface area contributed by atoms with Crippen LogP contribution in [-0.4, -0.2) is 12.1 Å². The highest BCUT2D eigenvalue weighted by atomic mass is 16.5. The van der Waals surface area contributed by atoms with Gasteiger partial charge in [-0.15, -0.1) is 0 Å². The van der Waals surface area contributed by atoms with Gasteiger partial charge in [-0.2, -0.15) is 5.10 Å². The number of carbonyl (C=O) groups is 1. The Bertz CT molecular complexity index is 962. The van der Waals surface area contributed by atoms with Gasteiger partial charge in [0.1, 0.15) is 12.4 Å². The number of nitrogens with one attached hydrogen (secondary N) is 1. The minimum Gasteiger partial charge on any atom is -0.488 e. The Morgan fingerprint density at radius 1 is 0.933 bits per heavy atom. The highest BCUT2D eigenvalue weighted by Gasteiger charge is 2.07. The Labute approximate surface area is 178 Å². The summed E-state index contributed by atoms with van der Waals surface area (Å²) in [5.41, 5.74) is 6.35. The van der Waals surface area contributed by atoms with Crippen molar-refractivity contribution in [3.05, 3.63) is 90.0 Å². The molecule has 0 aliphatic heterocycles. The molecule has 0 saturated carbocycles. The molecule has 0 fully saturated rings. The molecule has 154 valence electrons. The highest BCUT2D eigenvalue weighted by Crippen LogP contribution is 2.30. The fourth-order valence-corrected chi connectivity index (χ4v) is 3.13. The minimum absolute atomic E-state index is 0.209. The second-order valence-electron chi connectivity index (χ2n) is 7.14. The van der Waals surface area contributed by atoms with Gasteiger partial charge < -0.3 is 4.74 Å². The van der Waals surface area contributed by atoms with Crippen molar-refractivity contribution in [2.75, 3.05) is 0 Å². The molecule has 4 nitrogen and oxygen atoms in total. The molecule has 0 aromatic heterocycles. The normalized spacial score (nSPS) is 11.0. The second-order valence-corrected chi connectivity index (χ2v) is 7.14. The van der Waals surface area contributed by atoms with Crippen LogP contribution in [0.3, 0.4) is 0 Å². The Balaban J connectivity index is 1.60. The van der Waals surface area contributed by atoms with Gasteiger partial charge in [-0.3, -0.25) is 4.79 Å². The van der Waals surface area contributed by atoms with Gasteiger partial charge in [-0.05, 0) is 48.1 Å². The molecule has 3 rings (SSSR count). The van der Waals surface area contributed by atoms with Crippen molar-refractivity contribution in [2.45, 2.75) is 33.3 Å². The third-order valence-corrected chi connectivity index (χ3v) is 5.08. The average Bonchev–Trinajstić information content (AvgIpc) is 2.81. The molecule has 1 amide bonds. The van der Waals surface area contributed by atoms with E-state index in [0.717, 1.165) is 35.3 Å². The summed E-state index contributed by atoms with van der Waals surface area (Å²) in [5, 5.41) is 4.08. The summed E-state index contributed by atoms with van der Waals surface area (Å²) < 4.78 is 6.07. The van der Waals surface area contributed by atoms with Crippen LogP contribution in [-0.2, 0) is 6.61 Å². The van der Waals surface area contributed by atoms with Crippen molar-refractivity contribution in [3.8, 4) is 16.9 Å². The summed E-state index contributed by atoms with van der Waals surface area (Å²) in [7, 11) is 0. The van der Waals surface area contributed by atoms with Gasteiger partial charge in [0.25, 0.3) is 5.91 Å². The van der Waals surface area contributed by atoms with E-state index in [1.165, 1.54) is 0 Å². The van der Waals surface area contributed by atoms with Crippen molar-refractivity contribution in [2.24, 2.45) is 11.0 Å². The zero-order valence-electron chi connectivity index (χ0n) is 17.5. The number of nitrogens with zero attached hydrogens (tertiary/aromatic N) is 1. The molecule has 0 atom stereocenters. The number of carbonyl (C=O) groups excluding carboxylic acids is 1. The first-order valence-electron chi connectivity index (χ1n) is 10.4. The molecule has 0 unspecified atom stereocenters. The molecule has 4 heteroatoms. The monoisotopic (exact) mass is 400 g/mol. The molecule has 0 spiro atoms. The number of hydrogen-bond acceptors (Lipinski definition) is 3. The fraction of sp³-hybridized carbons (Fsp3) is 0.231. The van der Waals surface area contributed by atoms with Crippen LogP contribution in [0.5, 0.6) is 5.75 Å². The number of para-hydroxylation sites is 1. The van der Waals surface area contributed by atoms with Gasteiger partial charge in [0.2, 0.25) is 0 Å². The predicted octanol–water partition coefficient (Wildman–Crippen LogP) is 6.08. The molecule has 0 aliphatic rings. The Morgan fingerprint density at radius 3 is 2.30 bits per heavy atom. The van der Waals surface area contributed by atoms with Crippen LogP contribution in [0.4, 0.5) is 0 Å². The Kier molecular flexibility index (Phi) is 7.78. The minimum atomic E-state index is -0.209. The molecule has 3 aromatic carbocycles. The fourth-order valence-electron chi connectivity index (χ4n) is 3.13. The van der Waals surface area contributed by atoms with Crippen molar-refractivity contribution < 1.29 is 9.53 Å². The first-order valence-corrected chi connectivity index (χ1v) is 10.4. The van der Waals surface area contributed by atoms with Gasteiger partial charge in [-0.25, -0.2) is 5.43 Å². The lowest BCUT2D eigenvalue weighted by Gasteiger charge is -2.12. The molecule has 0 heterocycles. The summed E-state index contributed by atoms with van der Waals surface area (Å²) in [6.45, 7) is 4.65. The van der Waals surface area contributed by atoms with E-state index in [4.69, 9.17) is 4.74 Å². The van der Waals surface area contributed by atoms with E-state index in [-0.39, 0.29) is 5.91 Å². The van der Waals surface area contributed by atoms with Crippen LogP contribution in [0, 0.1) is 5.92 Å². The van der Waals surface area contributed by atoms with E-state index in [1.54, 1.807) is 12.1 Å². The third kappa shape index (κ3) is 5.80. The first-order chi connectivity index (χ1) is 14.7. The molecule has 0 aliphatic carbocycles. The number of ether oxygens (including phenoxy) is 1. The van der Waals surface area contributed by atoms with Gasteiger partial charge in [0.05, 0.1) is 0 Å². The van der Waals surface area contributed by atoms with Gasteiger partial charge in [0.15, 0.2) is 0 Å². The van der Waals surface area contributed by atoms with Crippen molar-refractivity contribution >= 4 is 12.1 Å². The van der Waals surface area contributed by atoms with Gasteiger partial charge >= 0.3 is 0 Å². The number of amides is 1. The largest absolute Gasteiger partial charge is 0.488 e. The summed E-state index contributed by atoms with van der Waals surface area (Å²) in [5.74, 6) is 1.02. The van der Waals surface area contributed by atoms with E-state index in [1.807, 2.05) is 54.7 Å². The van der Waals surface area contributed by atoms with E-state index in [0.29, 0.717) is 18.1 Å². The summed E-state index contributed by atoms with van der Waals surface area (Å²) in [6.07, 6.45) is 3.83. The summed E-state index contributed by atoms with van der Waals surface area (Å²) in [6, 6.07) is 25.6. The maximum Gasteiger partial charge on any atom is 0.271 e. The maximum atomic E-state index is 12.2. The highest BCUT2D eigenvalue weighted by molar-refractivity contribution is 5.94. The van der Waals surface area contributed by atoms with Crippen LogP contribution < -0.4 is 10.2 Å². The Morgan fingerprint density at radius 2 is 1.60 bits per heavy atom. The smallest absolute Gasteiger partial charge is 0.271 e. The Hall–Kier alpha value is -3.40. The second kappa shape index (κ2) is 11.0. The number of hydrazone groups is 1. The third-order valence-electron chi connectivity index (χ3n) is 5.08. The summed E-state index contributed by atoms with van der Waals surface area (Å²) in [4.78, 5) is 12.2. The zero-order chi connectivity index (χ0) is 21.2. The van der Waals surface area contributed by atoms with Crippen LogP contribution in [0.2, 0.25) is 0 Å². The average molecular weight is 401 g/mol. The van der Waals surface area contributed by atoms with E-state index in [9.17, 15) is 4.79 Å². The molecular weight excluding hydrogens is 372 g/mol. The van der Waals surface area contributed by atoms with Gasteiger partial charge in [0, 0.05) is 17.3 Å². The van der Waals surface area contributed by atoms with Crippen LogP contribution in [0.25, 0.3) is 11.1 Å². The molecule has 0 bridgehead atoms. The van der Waals surface area contributed by atoms with Crippen molar-refractivity contribution in [1.29, 1.82) is 0 Å². The van der Waals surface area contributed by atoms with E-state index < -0.39 is 0 Å². The molecule has 1 N–H and O–H groups in total. The quantitative estimate of drug-likeness (QED) is 0.349. The lowest BCUT2D eigenvalue weighted by molar-refractivity contribution is 0.0955. The molecule has 0 saturated heterocycles. The number of hydrogen-bond donors (Lipinski definition) is 1. The van der Waals surface area contributed by atoms with Crippen molar-refractivity contribution in [1.82, 2.24) is 5.43 Å². The van der Waals surface area contributed by atoms with Crippen LogP contribution in [0.1, 0.15) is 42.6 Å². The summed E-state index contributed by atoms with van der Waals surface area (Å²) >= 11 is 0. The molecule has 3 aromatic rings. The SMILES string of the molecule is CCC(/C=N\NC(=O)c1ccc(COc2ccccc2-c2ccccc2)cc1)CC. The predicted molar refractivity (Wildman–Crippen MR) is 123 cm³/mol. The molecule has 30 heavy (non-hydrogen) atoms. The van der Waals surface area contributed by atoms with E-state index >= 15 is 0 Å². The molecular formula is C26H28N2O2. The zero-order valence-corrected chi connectivity index (χ0v) is 17.5. The standard InChI is InChI=1S/C26H28N2O2/c1-3-20(4-2)18-27-28-26(29)23-16-14-21(15-17-23)19-30-25-13-9-8-12-24(25)22-10-6-5-7-11-22/h5-18,20H,3-4,19H2,1-2H3,(H,28,29)/b27-18-. The maximum absolute atomic E-state index is 12.2. The first kappa shape index (κ1) is 21.3. The number of benzene rings is 3. The lowest BCUT2D eigenvalue weighted by Crippen LogP contribution is -2.18. The van der Waals surface area contributed by atoms with Gasteiger partial charge in [-0.1, -0.05) is 74.5 Å². The lowest BCUT2D eigenvalue weighted by atomic mass is 10.0. The van der Waals surface area contributed by atoms with Crippen LogP contribution >= 0.6 is 0 Å². The number of rotatable bonds is 9. The topological polar surface area (TPSA) is 50.7 Å².